The number of amides is 1. The summed E-state index contributed by atoms with van der Waals surface area (Å²) in [5, 5.41) is 12.2. The molecule has 0 radical (unpaired) electrons. The fraction of sp³-hybridized carbons (Fsp3) is 0.120. The Hall–Kier alpha value is -3.91. The number of para-hydroxylation sites is 1. The average molecular weight is 458 g/mol. The lowest BCUT2D eigenvalue weighted by atomic mass is 10.2. The lowest BCUT2D eigenvalue weighted by molar-refractivity contribution is -0.113. The van der Waals surface area contributed by atoms with E-state index in [9.17, 15) is 4.79 Å². The first kappa shape index (κ1) is 22.3. The second-order valence-corrected chi connectivity index (χ2v) is 8.30. The number of benzene rings is 2. The van der Waals surface area contributed by atoms with Gasteiger partial charge in [0.2, 0.25) is 5.91 Å². The quantitative estimate of drug-likeness (QED) is 0.266. The zero-order chi connectivity index (χ0) is 23.0. The van der Waals surface area contributed by atoms with E-state index >= 15 is 0 Å². The van der Waals surface area contributed by atoms with Crippen LogP contribution in [0.25, 0.3) is 11.4 Å². The predicted molar refractivity (Wildman–Crippen MR) is 130 cm³/mol. The van der Waals surface area contributed by atoms with Crippen molar-refractivity contribution in [1.82, 2.24) is 19.7 Å². The number of carbonyl (C=O) groups excluding carboxylic acids is 1. The average Bonchev–Trinajstić information content (AvgIpc) is 3.22. The summed E-state index contributed by atoms with van der Waals surface area (Å²) in [7, 11) is 0. The Bertz CT molecular complexity index is 1220. The third-order valence-electron chi connectivity index (χ3n) is 4.53. The van der Waals surface area contributed by atoms with E-state index in [0.29, 0.717) is 23.1 Å². The number of anilines is 1. The summed E-state index contributed by atoms with van der Waals surface area (Å²) in [4.78, 5) is 16.6. The number of nitrogens with one attached hydrogen (secondary N) is 1. The fourth-order valence-corrected chi connectivity index (χ4v) is 3.82. The Balaban J connectivity index is 1.38. The normalized spacial score (nSPS) is 10.6. The number of nitrogens with zero attached hydrogens (tertiary/aromatic N) is 4. The van der Waals surface area contributed by atoms with E-state index < -0.39 is 0 Å². The van der Waals surface area contributed by atoms with Crippen molar-refractivity contribution in [1.29, 1.82) is 0 Å². The Morgan fingerprint density at radius 2 is 1.70 bits per heavy atom. The van der Waals surface area contributed by atoms with E-state index in [-0.39, 0.29) is 11.7 Å². The molecule has 0 bridgehead atoms. The van der Waals surface area contributed by atoms with Gasteiger partial charge in [-0.1, -0.05) is 42.1 Å². The summed E-state index contributed by atoms with van der Waals surface area (Å²) in [6.45, 7) is 6.52. The molecule has 33 heavy (non-hydrogen) atoms. The van der Waals surface area contributed by atoms with Gasteiger partial charge < -0.3 is 10.1 Å². The molecule has 1 amide bonds. The monoisotopic (exact) mass is 457 g/mol. The molecule has 0 saturated carbocycles. The smallest absolute Gasteiger partial charge is 0.234 e. The van der Waals surface area contributed by atoms with Gasteiger partial charge in [0.15, 0.2) is 11.0 Å². The van der Waals surface area contributed by atoms with Crippen molar-refractivity contribution in [2.24, 2.45) is 0 Å². The highest BCUT2D eigenvalue weighted by Crippen LogP contribution is 2.26. The Morgan fingerprint density at radius 1 is 1.00 bits per heavy atom. The molecule has 2 aromatic carbocycles. The van der Waals surface area contributed by atoms with Crippen LogP contribution >= 0.6 is 11.8 Å². The molecule has 0 aliphatic carbocycles. The van der Waals surface area contributed by atoms with E-state index in [1.54, 1.807) is 12.4 Å². The Morgan fingerprint density at radius 3 is 2.39 bits per heavy atom. The second-order valence-electron chi connectivity index (χ2n) is 7.36. The topological polar surface area (TPSA) is 81.9 Å². The van der Waals surface area contributed by atoms with Crippen molar-refractivity contribution >= 4 is 23.4 Å². The van der Waals surface area contributed by atoms with Gasteiger partial charge in [0, 0.05) is 30.2 Å². The van der Waals surface area contributed by atoms with Gasteiger partial charge in [0.05, 0.1) is 5.75 Å². The van der Waals surface area contributed by atoms with Crippen molar-refractivity contribution in [2.75, 3.05) is 11.1 Å². The van der Waals surface area contributed by atoms with Crippen molar-refractivity contribution in [2.45, 2.75) is 18.6 Å². The van der Waals surface area contributed by atoms with Crippen LogP contribution < -0.4 is 10.1 Å². The van der Waals surface area contributed by atoms with E-state index in [2.05, 4.69) is 27.1 Å². The second kappa shape index (κ2) is 10.6. The summed E-state index contributed by atoms with van der Waals surface area (Å²) >= 11 is 1.33. The summed E-state index contributed by atoms with van der Waals surface area (Å²) < 4.78 is 7.75. The van der Waals surface area contributed by atoms with Crippen LogP contribution in [0.15, 0.2) is 96.4 Å². The molecule has 0 saturated heterocycles. The molecule has 166 valence electrons. The van der Waals surface area contributed by atoms with Crippen LogP contribution in [0.3, 0.4) is 0 Å². The molecule has 0 fully saturated rings. The number of allylic oxidation sites excluding steroid dienone is 1. The van der Waals surface area contributed by atoms with Gasteiger partial charge in [-0.3, -0.25) is 14.3 Å². The molecular formula is C25H23N5O2S. The lowest BCUT2D eigenvalue weighted by Crippen LogP contribution is -2.14. The number of carbonyl (C=O) groups is 1. The van der Waals surface area contributed by atoms with Gasteiger partial charge >= 0.3 is 0 Å². The van der Waals surface area contributed by atoms with Gasteiger partial charge in [-0.15, -0.1) is 10.2 Å². The first-order valence-corrected chi connectivity index (χ1v) is 11.3. The maximum Gasteiger partial charge on any atom is 0.234 e. The fourth-order valence-electron chi connectivity index (χ4n) is 3.08. The lowest BCUT2D eigenvalue weighted by Gasteiger charge is -2.10. The van der Waals surface area contributed by atoms with Crippen LogP contribution in [0.1, 0.15) is 6.92 Å². The third kappa shape index (κ3) is 6.08. The molecule has 4 rings (SSSR count). The molecule has 7 nitrogen and oxygen atoms in total. The van der Waals surface area contributed by atoms with Gasteiger partial charge in [-0.05, 0) is 55.5 Å². The van der Waals surface area contributed by atoms with Crippen LogP contribution in [-0.4, -0.2) is 31.4 Å². The minimum Gasteiger partial charge on any atom is -0.457 e. The summed E-state index contributed by atoms with van der Waals surface area (Å²) in [5.74, 6) is 2.25. The van der Waals surface area contributed by atoms with Crippen LogP contribution in [0.4, 0.5) is 5.69 Å². The zero-order valence-electron chi connectivity index (χ0n) is 18.1. The summed E-state index contributed by atoms with van der Waals surface area (Å²) in [5.41, 5.74) is 2.57. The minimum atomic E-state index is -0.132. The van der Waals surface area contributed by atoms with E-state index in [1.165, 1.54) is 11.8 Å². The summed E-state index contributed by atoms with van der Waals surface area (Å²) in [6.07, 6.45) is 3.43. The SMILES string of the molecule is C=C(C)Cn1c(SCC(=O)Nc2ccc(Oc3ccccc3)cc2)nnc1-c1ccncc1. The molecule has 0 aliphatic heterocycles. The minimum absolute atomic E-state index is 0.132. The standard InChI is InChI=1S/C25H23N5O2S/c1-18(2)16-30-24(19-12-14-26-15-13-19)28-29-25(30)33-17-23(31)27-20-8-10-22(11-9-20)32-21-6-4-3-5-7-21/h3-15H,1,16-17H2,2H3,(H,27,31). The highest BCUT2D eigenvalue weighted by atomic mass is 32.2. The van der Waals surface area contributed by atoms with Crippen LogP contribution in [0.2, 0.25) is 0 Å². The number of thioether (sulfide) groups is 1. The highest BCUT2D eigenvalue weighted by Gasteiger charge is 2.16. The molecule has 4 aromatic rings. The molecule has 0 unspecified atom stereocenters. The number of hydrogen-bond donors (Lipinski definition) is 1. The van der Waals surface area contributed by atoms with Crippen molar-refractivity contribution in [3.63, 3.8) is 0 Å². The van der Waals surface area contributed by atoms with Gasteiger partial charge in [0.1, 0.15) is 11.5 Å². The van der Waals surface area contributed by atoms with Crippen molar-refractivity contribution in [3.8, 4) is 22.9 Å². The molecule has 0 aliphatic rings. The molecule has 0 atom stereocenters. The molecule has 0 spiro atoms. The maximum atomic E-state index is 12.5. The number of hydrogen-bond acceptors (Lipinski definition) is 6. The summed E-state index contributed by atoms with van der Waals surface area (Å²) in [6, 6.07) is 20.6. The molecule has 8 heteroatoms. The number of rotatable bonds is 9. The molecule has 1 N–H and O–H groups in total. The first-order valence-electron chi connectivity index (χ1n) is 10.3. The van der Waals surface area contributed by atoms with E-state index in [4.69, 9.17) is 4.74 Å². The molecule has 2 heterocycles. The van der Waals surface area contributed by atoms with Gasteiger partial charge in [-0.25, -0.2) is 0 Å². The maximum absolute atomic E-state index is 12.5. The number of ether oxygens (including phenoxy) is 1. The predicted octanol–water partition coefficient (Wildman–Crippen LogP) is 5.44. The van der Waals surface area contributed by atoms with Crippen LogP contribution in [-0.2, 0) is 11.3 Å². The van der Waals surface area contributed by atoms with Crippen molar-refractivity contribution in [3.05, 3.63) is 91.3 Å². The molecular weight excluding hydrogens is 434 g/mol. The number of pyridine rings is 1. The molecule has 2 aromatic heterocycles. The van der Waals surface area contributed by atoms with E-state index in [1.807, 2.05) is 78.2 Å². The Kier molecular flexibility index (Phi) is 7.16. The van der Waals surface area contributed by atoms with Crippen LogP contribution in [0.5, 0.6) is 11.5 Å². The Labute approximate surface area is 196 Å². The third-order valence-corrected chi connectivity index (χ3v) is 5.50. The van der Waals surface area contributed by atoms with Gasteiger partial charge in [-0.2, -0.15) is 0 Å². The van der Waals surface area contributed by atoms with Crippen molar-refractivity contribution < 1.29 is 9.53 Å². The first-order chi connectivity index (χ1) is 16.1. The van der Waals surface area contributed by atoms with Crippen LogP contribution in [0, 0.1) is 0 Å². The highest BCUT2D eigenvalue weighted by molar-refractivity contribution is 7.99. The largest absolute Gasteiger partial charge is 0.457 e. The van der Waals surface area contributed by atoms with Gasteiger partial charge in [0.25, 0.3) is 0 Å². The zero-order valence-corrected chi connectivity index (χ0v) is 19.0. The number of aromatic nitrogens is 4. The van der Waals surface area contributed by atoms with E-state index in [0.717, 1.165) is 22.7 Å².